The van der Waals surface area contributed by atoms with Crippen molar-refractivity contribution in [2.75, 3.05) is 0 Å². The third-order valence-electron chi connectivity index (χ3n) is 0.556. The van der Waals surface area contributed by atoms with Crippen molar-refractivity contribution < 1.29 is 68.9 Å². The van der Waals surface area contributed by atoms with Crippen LogP contribution in [-0.4, -0.2) is 0 Å². The van der Waals surface area contributed by atoms with E-state index in [0.717, 1.165) is 0 Å². The van der Waals surface area contributed by atoms with Gasteiger partial charge in [-0.05, 0) is 0 Å². The average molecular weight is 198 g/mol. The van der Waals surface area contributed by atoms with Crippen LogP contribution in [0.15, 0.2) is 30.3 Å². The second-order valence-corrected chi connectivity index (χ2v) is 0.962. The normalized spacial score (nSPS) is 6.67. The standard InChI is InChI=1S/C5H5.Cs/c1-2-4-5-3-1;/h1-5H;/q-1;+1. The Morgan fingerprint density at radius 1 is 1.00 bits per heavy atom. The van der Waals surface area contributed by atoms with Crippen molar-refractivity contribution in [3.05, 3.63) is 30.3 Å². The van der Waals surface area contributed by atoms with E-state index in [4.69, 9.17) is 0 Å². The Balaban J connectivity index is 0.000000250. The van der Waals surface area contributed by atoms with E-state index in [1.165, 1.54) is 0 Å². The molecular weight excluding hydrogens is 193 g/mol. The molecule has 0 N–H and O–H groups in total. The van der Waals surface area contributed by atoms with Crippen molar-refractivity contribution in [3.63, 3.8) is 0 Å². The van der Waals surface area contributed by atoms with Crippen LogP contribution in [0.3, 0.4) is 0 Å². The zero-order valence-electron chi connectivity index (χ0n) is 3.89. The topological polar surface area (TPSA) is 0 Å². The van der Waals surface area contributed by atoms with Crippen LogP contribution in [0, 0.1) is 0 Å². The van der Waals surface area contributed by atoms with E-state index in [-0.39, 0.29) is 68.9 Å². The van der Waals surface area contributed by atoms with Crippen LogP contribution in [-0.2, 0) is 0 Å². The third-order valence-corrected chi connectivity index (χ3v) is 0.556. The first-order chi connectivity index (χ1) is 2.50. The zero-order chi connectivity index (χ0) is 3.54. The largest absolute Gasteiger partial charge is 1.00 e. The van der Waals surface area contributed by atoms with Gasteiger partial charge in [-0.1, -0.05) is 0 Å². The maximum atomic E-state index is 2.00. The molecule has 0 bridgehead atoms. The molecule has 0 aliphatic rings. The van der Waals surface area contributed by atoms with Gasteiger partial charge in [0, 0.05) is 0 Å². The van der Waals surface area contributed by atoms with Crippen molar-refractivity contribution >= 4 is 0 Å². The van der Waals surface area contributed by atoms with E-state index in [9.17, 15) is 0 Å². The smallest absolute Gasteiger partial charge is 0.214 e. The Morgan fingerprint density at radius 3 is 1.67 bits per heavy atom. The first kappa shape index (κ1) is 7.40. The quantitative estimate of drug-likeness (QED) is 0.441. The monoisotopic (exact) mass is 198 g/mol. The summed E-state index contributed by atoms with van der Waals surface area (Å²) in [6, 6.07) is 10.0. The molecular formula is C5H5Cs. The van der Waals surface area contributed by atoms with E-state index in [1.54, 1.807) is 0 Å². The summed E-state index contributed by atoms with van der Waals surface area (Å²) in [6.45, 7) is 0. The Bertz CT molecular complexity index is 60.4. The molecule has 1 aromatic rings. The van der Waals surface area contributed by atoms with Crippen molar-refractivity contribution in [1.29, 1.82) is 0 Å². The predicted molar refractivity (Wildman–Crippen MR) is 22.0 cm³/mol. The molecule has 1 aromatic carbocycles. The van der Waals surface area contributed by atoms with Gasteiger partial charge >= 0.3 is 68.9 Å². The summed E-state index contributed by atoms with van der Waals surface area (Å²) < 4.78 is 0. The van der Waals surface area contributed by atoms with Crippen molar-refractivity contribution in [2.45, 2.75) is 0 Å². The van der Waals surface area contributed by atoms with Gasteiger partial charge in [-0.15, -0.1) is 0 Å². The van der Waals surface area contributed by atoms with Crippen LogP contribution >= 0.6 is 0 Å². The molecule has 0 saturated heterocycles. The van der Waals surface area contributed by atoms with Gasteiger partial charge in [-0.3, -0.25) is 0 Å². The van der Waals surface area contributed by atoms with E-state index in [1.807, 2.05) is 30.3 Å². The van der Waals surface area contributed by atoms with Gasteiger partial charge in [0.15, 0.2) is 0 Å². The molecule has 0 aliphatic carbocycles. The second kappa shape index (κ2) is 4.56. The van der Waals surface area contributed by atoms with E-state index in [0.29, 0.717) is 0 Å². The summed E-state index contributed by atoms with van der Waals surface area (Å²) in [5.74, 6) is 0. The Hall–Kier alpha value is 1.40. The van der Waals surface area contributed by atoms with Gasteiger partial charge in [-0.2, -0.15) is 18.2 Å². The molecule has 0 saturated carbocycles. The molecule has 1 rings (SSSR count). The Labute approximate surface area is 96.7 Å². The molecule has 0 unspecified atom stereocenters. The molecule has 0 radical (unpaired) electrons. The van der Waals surface area contributed by atoms with Gasteiger partial charge in [-0.25, -0.2) is 12.1 Å². The predicted octanol–water partition coefficient (Wildman–Crippen LogP) is -1.59. The summed E-state index contributed by atoms with van der Waals surface area (Å²) in [5, 5.41) is 0. The maximum absolute atomic E-state index is 2.00. The third kappa shape index (κ3) is 2.55. The molecule has 1 heteroatoms. The molecule has 0 heterocycles. The second-order valence-electron chi connectivity index (χ2n) is 0.962. The van der Waals surface area contributed by atoms with Crippen molar-refractivity contribution in [3.8, 4) is 0 Å². The summed E-state index contributed by atoms with van der Waals surface area (Å²) in [4.78, 5) is 0. The number of rotatable bonds is 0. The van der Waals surface area contributed by atoms with Gasteiger partial charge in [0.25, 0.3) is 0 Å². The summed E-state index contributed by atoms with van der Waals surface area (Å²) in [5.41, 5.74) is 0. The first-order valence-corrected chi connectivity index (χ1v) is 1.67. The van der Waals surface area contributed by atoms with Crippen LogP contribution in [0.25, 0.3) is 0 Å². The molecule has 0 atom stereocenters. The Morgan fingerprint density at radius 2 is 1.50 bits per heavy atom. The van der Waals surface area contributed by atoms with Crippen LogP contribution in [0.5, 0.6) is 0 Å². The number of hydrogen-bond acceptors (Lipinski definition) is 0. The average Bonchev–Trinajstić information content (AvgIpc) is 1.76. The molecule has 0 nitrogen and oxygen atoms in total. The van der Waals surface area contributed by atoms with Crippen LogP contribution in [0.1, 0.15) is 0 Å². The molecule has 26 valence electrons. The molecule has 0 fully saturated rings. The number of hydrogen-bond donors (Lipinski definition) is 0. The summed E-state index contributed by atoms with van der Waals surface area (Å²) in [7, 11) is 0. The van der Waals surface area contributed by atoms with Gasteiger partial charge in [0.1, 0.15) is 0 Å². The molecule has 0 aliphatic heterocycles. The fourth-order valence-corrected chi connectivity index (χ4v) is 0.321. The first-order valence-electron chi connectivity index (χ1n) is 1.67. The minimum Gasteiger partial charge on any atom is -0.214 e. The molecule has 0 amide bonds. The van der Waals surface area contributed by atoms with Gasteiger partial charge in [0.2, 0.25) is 0 Å². The van der Waals surface area contributed by atoms with E-state index >= 15 is 0 Å². The molecule has 0 spiro atoms. The SMILES string of the molecule is [Cs+].c1cc[cH-]c1. The summed E-state index contributed by atoms with van der Waals surface area (Å²) >= 11 is 0. The van der Waals surface area contributed by atoms with Crippen molar-refractivity contribution in [2.24, 2.45) is 0 Å². The molecule has 0 aromatic heterocycles. The van der Waals surface area contributed by atoms with E-state index < -0.39 is 0 Å². The molecule has 6 heavy (non-hydrogen) atoms. The summed E-state index contributed by atoms with van der Waals surface area (Å²) in [6.07, 6.45) is 0. The minimum atomic E-state index is 0. The van der Waals surface area contributed by atoms with Crippen LogP contribution in [0.4, 0.5) is 0 Å². The van der Waals surface area contributed by atoms with Crippen LogP contribution in [0.2, 0.25) is 0 Å². The van der Waals surface area contributed by atoms with Crippen molar-refractivity contribution in [1.82, 2.24) is 0 Å². The maximum Gasteiger partial charge on any atom is 1.00 e. The fourth-order valence-electron chi connectivity index (χ4n) is 0.321. The minimum absolute atomic E-state index is 0. The fraction of sp³-hybridized carbons (Fsp3) is 0. The van der Waals surface area contributed by atoms with Gasteiger partial charge in [0.05, 0.1) is 0 Å². The van der Waals surface area contributed by atoms with E-state index in [2.05, 4.69) is 0 Å². The van der Waals surface area contributed by atoms with Gasteiger partial charge < -0.3 is 0 Å². The Kier molecular flexibility index (Phi) is 5.62. The zero-order valence-corrected chi connectivity index (χ0v) is 10.2. The van der Waals surface area contributed by atoms with Crippen LogP contribution < -0.4 is 68.9 Å².